The highest BCUT2D eigenvalue weighted by Gasteiger charge is 2.42. The second-order valence-corrected chi connectivity index (χ2v) is 5.24. The van der Waals surface area contributed by atoms with Crippen LogP contribution in [0, 0.1) is 17.8 Å². The van der Waals surface area contributed by atoms with E-state index < -0.39 is 0 Å². The van der Waals surface area contributed by atoms with E-state index in [2.05, 4.69) is 19.6 Å². The third-order valence-electron chi connectivity index (χ3n) is 3.84. The summed E-state index contributed by atoms with van der Waals surface area (Å²) in [4.78, 5) is 0. The van der Waals surface area contributed by atoms with Crippen molar-refractivity contribution in [1.29, 1.82) is 0 Å². The van der Waals surface area contributed by atoms with E-state index in [1.165, 1.54) is 19.3 Å². The van der Waals surface area contributed by atoms with E-state index in [9.17, 15) is 0 Å². The Hall–Kier alpha value is -0.560. The van der Waals surface area contributed by atoms with Gasteiger partial charge in [-0.1, -0.05) is 23.8 Å². The predicted octanol–water partition coefficient (Wildman–Crippen LogP) is 3.57. The topological polar surface area (TPSA) is 9.23 Å². The summed E-state index contributed by atoms with van der Waals surface area (Å²) in [6.45, 7) is 9.74. The van der Waals surface area contributed by atoms with Crippen LogP contribution in [-0.4, -0.2) is 13.2 Å². The minimum atomic E-state index is 0.735. The number of hydrogen-bond acceptors (Lipinski definition) is 1. The average molecular weight is 206 g/mol. The van der Waals surface area contributed by atoms with Crippen LogP contribution in [-0.2, 0) is 4.74 Å². The van der Waals surface area contributed by atoms with E-state index >= 15 is 0 Å². The zero-order valence-electron chi connectivity index (χ0n) is 9.96. The van der Waals surface area contributed by atoms with Crippen LogP contribution in [0.1, 0.15) is 33.1 Å². The van der Waals surface area contributed by atoms with Crippen LogP contribution >= 0.6 is 0 Å². The van der Waals surface area contributed by atoms with Crippen molar-refractivity contribution in [3.05, 3.63) is 23.8 Å². The highest BCUT2D eigenvalue weighted by Crippen LogP contribution is 2.51. The van der Waals surface area contributed by atoms with Gasteiger partial charge in [-0.3, -0.25) is 0 Å². The fourth-order valence-electron chi connectivity index (χ4n) is 3.25. The number of rotatable bonds is 4. The molecule has 1 nitrogen and oxygen atoms in total. The molecule has 0 aromatic rings. The molecule has 2 aliphatic carbocycles. The second-order valence-electron chi connectivity index (χ2n) is 5.24. The lowest BCUT2D eigenvalue weighted by Gasteiger charge is -2.24. The van der Waals surface area contributed by atoms with Gasteiger partial charge in [-0.25, -0.2) is 0 Å². The minimum Gasteiger partial charge on any atom is -0.377 e. The second kappa shape index (κ2) is 4.52. The summed E-state index contributed by atoms with van der Waals surface area (Å²) in [6, 6.07) is 0. The highest BCUT2D eigenvalue weighted by molar-refractivity contribution is 5.18. The van der Waals surface area contributed by atoms with Gasteiger partial charge < -0.3 is 4.74 Å². The Morgan fingerprint density at radius 2 is 2.33 bits per heavy atom. The average Bonchev–Trinajstić information content (AvgIpc) is 2.75. The molecule has 15 heavy (non-hydrogen) atoms. The van der Waals surface area contributed by atoms with E-state index in [-0.39, 0.29) is 0 Å². The van der Waals surface area contributed by atoms with E-state index in [0.717, 1.165) is 36.5 Å². The molecule has 2 rings (SSSR count). The molecule has 2 fully saturated rings. The van der Waals surface area contributed by atoms with Gasteiger partial charge in [-0.2, -0.15) is 0 Å². The fourth-order valence-corrected chi connectivity index (χ4v) is 3.25. The molecule has 0 aromatic heterocycles. The molecule has 0 radical (unpaired) electrons. The number of fused-ring (bicyclic) bond motifs is 2. The van der Waals surface area contributed by atoms with Gasteiger partial charge in [0.2, 0.25) is 0 Å². The van der Waals surface area contributed by atoms with Gasteiger partial charge in [0.15, 0.2) is 0 Å². The lowest BCUT2D eigenvalue weighted by molar-refractivity contribution is 0.103. The number of ether oxygens (including phenoxy) is 1. The molecule has 2 bridgehead atoms. The van der Waals surface area contributed by atoms with Crippen molar-refractivity contribution in [2.24, 2.45) is 17.8 Å². The van der Waals surface area contributed by atoms with Gasteiger partial charge in [-0.05, 0) is 50.9 Å². The smallest absolute Gasteiger partial charge is 0.0671 e. The summed E-state index contributed by atoms with van der Waals surface area (Å²) in [5.41, 5.74) is 2.82. The van der Waals surface area contributed by atoms with Gasteiger partial charge in [0.1, 0.15) is 0 Å². The summed E-state index contributed by atoms with van der Waals surface area (Å²) >= 11 is 0. The van der Waals surface area contributed by atoms with E-state index in [1.807, 2.05) is 6.92 Å². The van der Waals surface area contributed by atoms with Crippen molar-refractivity contribution < 1.29 is 4.74 Å². The molecular weight excluding hydrogens is 184 g/mol. The lowest BCUT2D eigenvalue weighted by atomic mass is 9.85. The van der Waals surface area contributed by atoms with Crippen LogP contribution in [0.5, 0.6) is 0 Å². The molecule has 2 aliphatic rings. The Morgan fingerprint density at radius 3 is 2.93 bits per heavy atom. The van der Waals surface area contributed by atoms with Gasteiger partial charge in [-0.15, -0.1) is 0 Å². The molecule has 3 atom stereocenters. The van der Waals surface area contributed by atoms with Gasteiger partial charge >= 0.3 is 0 Å². The molecule has 0 saturated heterocycles. The first-order chi connectivity index (χ1) is 7.20. The van der Waals surface area contributed by atoms with Gasteiger partial charge in [0, 0.05) is 0 Å². The van der Waals surface area contributed by atoms with E-state index in [0.29, 0.717) is 0 Å². The van der Waals surface area contributed by atoms with Crippen LogP contribution < -0.4 is 0 Å². The zero-order valence-corrected chi connectivity index (χ0v) is 9.96. The summed E-state index contributed by atoms with van der Waals surface area (Å²) in [6.07, 6.45) is 6.49. The third-order valence-corrected chi connectivity index (χ3v) is 3.84. The lowest BCUT2D eigenvalue weighted by Crippen LogP contribution is -2.19. The molecule has 0 heterocycles. The van der Waals surface area contributed by atoms with Crippen molar-refractivity contribution >= 4 is 0 Å². The van der Waals surface area contributed by atoms with Crippen molar-refractivity contribution in [3.63, 3.8) is 0 Å². The Morgan fingerprint density at radius 1 is 1.53 bits per heavy atom. The monoisotopic (exact) mass is 206 g/mol. The maximum atomic E-state index is 5.70. The Balaban J connectivity index is 1.82. The highest BCUT2D eigenvalue weighted by atomic mass is 16.5. The molecule has 0 aliphatic heterocycles. The zero-order chi connectivity index (χ0) is 10.8. The fraction of sp³-hybridized carbons (Fsp3) is 0.714. The molecule has 0 amide bonds. The molecule has 3 unspecified atom stereocenters. The van der Waals surface area contributed by atoms with Crippen LogP contribution in [0.15, 0.2) is 23.8 Å². The molecule has 0 aromatic carbocycles. The van der Waals surface area contributed by atoms with Crippen LogP contribution in [0.2, 0.25) is 0 Å². The van der Waals surface area contributed by atoms with Crippen molar-refractivity contribution in [2.75, 3.05) is 13.2 Å². The third kappa shape index (κ3) is 2.34. The van der Waals surface area contributed by atoms with Crippen molar-refractivity contribution in [3.8, 4) is 0 Å². The van der Waals surface area contributed by atoms with Crippen LogP contribution in [0.4, 0.5) is 0 Å². The Bertz CT molecular complexity index is 277. The molecule has 0 spiro atoms. The van der Waals surface area contributed by atoms with Gasteiger partial charge in [0.25, 0.3) is 0 Å². The maximum Gasteiger partial charge on any atom is 0.0671 e. The Labute approximate surface area is 93.2 Å². The molecule has 2 saturated carbocycles. The number of allylic oxidation sites excluding steroid dienone is 2. The first-order valence-corrected chi connectivity index (χ1v) is 6.08. The van der Waals surface area contributed by atoms with Gasteiger partial charge in [0.05, 0.1) is 13.2 Å². The Kier molecular flexibility index (Phi) is 3.30. The number of hydrogen-bond donors (Lipinski definition) is 0. The maximum absolute atomic E-state index is 5.70. The minimum absolute atomic E-state index is 0.735. The van der Waals surface area contributed by atoms with Crippen molar-refractivity contribution in [2.45, 2.75) is 33.1 Å². The quantitative estimate of drug-likeness (QED) is 0.639. The van der Waals surface area contributed by atoms with Crippen LogP contribution in [0.25, 0.3) is 0 Å². The summed E-state index contributed by atoms with van der Waals surface area (Å²) in [5.74, 6) is 2.58. The predicted molar refractivity (Wildman–Crippen MR) is 63.7 cm³/mol. The van der Waals surface area contributed by atoms with E-state index in [4.69, 9.17) is 4.74 Å². The summed E-state index contributed by atoms with van der Waals surface area (Å²) < 4.78 is 5.70. The van der Waals surface area contributed by atoms with E-state index in [1.54, 1.807) is 5.57 Å². The molecule has 1 heteroatoms. The molecule has 84 valence electrons. The summed E-state index contributed by atoms with van der Waals surface area (Å²) in [7, 11) is 0. The van der Waals surface area contributed by atoms with Crippen molar-refractivity contribution in [1.82, 2.24) is 0 Å². The first-order valence-electron chi connectivity index (χ1n) is 6.08. The molecule has 0 N–H and O–H groups in total. The normalized spacial score (nSPS) is 36.4. The molecular formula is C14H22O. The SMILES string of the molecule is C=C(C)COCC1CC2CC(=CC)C1C2. The summed E-state index contributed by atoms with van der Waals surface area (Å²) in [5, 5.41) is 0. The van der Waals surface area contributed by atoms with Crippen LogP contribution in [0.3, 0.4) is 0 Å². The first kappa shape index (κ1) is 10.9. The standard InChI is InChI=1S/C14H22O/c1-4-12-5-11-6-13(14(12)7-11)9-15-8-10(2)3/h4,11,13-14H,2,5-9H2,1,3H3. The largest absolute Gasteiger partial charge is 0.377 e.